The number of hydrogen-bond acceptors (Lipinski definition) is 2. The van der Waals surface area contributed by atoms with Gasteiger partial charge in [-0.15, -0.1) is 0 Å². The van der Waals surface area contributed by atoms with E-state index in [2.05, 4.69) is 11.6 Å². The minimum atomic E-state index is 0.102. The summed E-state index contributed by atoms with van der Waals surface area (Å²) in [7, 11) is 0. The van der Waals surface area contributed by atoms with Gasteiger partial charge in [0.15, 0.2) is 0 Å². The van der Waals surface area contributed by atoms with Gasteiger partial charge in [-0.1, -0.05) is 38.0 Å². The summed E-state index contributed by atoms with van der Waals surface area (Å²) in [5.74, 6) is 0. The lowest BCUT2D eigenvalue weighted by atomic mass is 9.94. The summed E-state index contributed by atoms with van der Waals surface area (Å²) in [4.78, 5) is 17.5. The smallest absolute Gasteiger partial charge is 0.258 e. The molecule has 3 nitrogen and oxygen atoms in total. The standard InChI is InChI=1S/C20H20N2O/c1-2-14-13-18-17(19-16(14)9-6-11-21-19)10-12-22(20(18)23)15-7-4-3-5-8-15/h2,6,9-13,15H,1,3-5,7-8H2. The molecule has 2 heterocycles. The van der Waals surface area contributed by atoms with Crippen molar-refractivity contribution < 1.29 is 0 Å². The summed E-state index contributed by atoms with van der Waals surface area (Å²) >= 11 is 0. The number of nitrogens with zero attached hydrogens (tertiary/aromatic N) is 2. The van der Waals surface area contributed by atoms with Crippen LogP contribution in [0.5, 0.6) is 0 Å². The summed E-state index contributed by atoms with van der Waals surface area (Å²) in [6, 6.07) is 8.31. The first-order chi connectivity index (χ1) is 11.3. The van der Waals surface area contributed by atoms with Crippen LogP contribution < -0.4 is 5.56 Å². The normalized spacial score (nSPS) is 16.0. The second-order valence-electron chi connectivity index (χ2n) is 6.35. The quantitative estimate of drug-likeness (QED) is 0.643. The van der Waals surface area contributed by atoms with E-state index >= 15 is 0 Å². The Hall–Kier alpha value is -2.42. The number of hydrogen-bond donors (Lipinski definition) is 0. The maximum Gasteiger partial charge on any atom is 0.258 e. The predicted molar refractivity (Wildman–Crippen MR) is 95.7 cm³/mol. The Bertz CT molecular complexity index is 949. The zero-order valence-electron chi connectivity index (χ0n) is 13.2. The Morgan fingerprint density at radius 3 is 2.74 bits per heavy atom. The first-order valence-corrected chi connectivity index (χ1v) is 8.34. The largest absolute Gasteiger partial charge is 0.312 e. The van der Waals surface area contributed by atoms with Gasteiger partial charge in [0.25, 0.3) is 5.56 Å². The van der Waals surface area contributed by atoms with Gasteiger partial charge < -0.3 is 4.57 Å². The van der Waals surface area contributed by atoms with Gasteiger partial charge in [0, 0.05) is 34.6 Å². The average Bonchev–Trinajstić information content (AvgIpc) is 2.62. The lowest BCUT2D eigenvalue weighted by Gasteiger charge is -2.24. The van der Waals surface area contributed by atoms with E-state index in [4.69, 9.17) is 0 Å². The average molecular weight is 304 g/mol. The van der Waals surface area contributed by atoms with Gasteiger partial charge in [-0.2, -0.15) is 0 Å². The van der Waals surface area contributed by atoms with Crippen LogP contribution in [-0.2, 0) is 0 Å². The first-order valence-electron chi connectivity index (χ1n) is 8.34. The Labute approximate surface area is 135 Å². The topological polar surface area (TPSA) is 34.9 Å². The molecular formula is C20H20N2O. The number of aromatic nitrogens is 2. The van der Waals surface area contributed by atoms with E-state index in [0.29, 0.717) is 6.04 Å². The summed E-state index contributed by atoms with van der Waals surface area (Å²) in [5.41, 5.74) is 1.96. The molecule has 0 bridgehead atoms. The number of fused-ring (bicyclic) bond motifs is 3. The number of rotatable bonds is 2. The molecule has 1 fully saturated rings. The molecule has 23 heavy (non-hydrogen) atoms. The van der Waals surface area contributed by atoms with E-state index < -0.39 is 0 Å². The molecule has 0 spiro atoms. The van der Waals surface area contributed by atoms with E-state index in [1.54, 1.807) is 12.3 Å². The molecule has 3 aromatic rings. The second-order valence-corrected chi connectivity index (χ2v) is 6.35. The third-order valence-electron chi connectivity index (χ3n) is 5.02. The molecule has 3 heteroatoms. The van der Waals surface area contributed by atoms with E-state index in [0.717, 1.165) is 40.1 Å². The van der Waals surface area contributed by atoms with Crippen LogP contribution in [0.25, 0.3) is 27.8 Å². The lowest BCUT2D eigenvalue weighted by molar-refractivity contribution is 0.347. The highest BCUT2D eigenvalue weighted by molar-refractivity contribution is 6.08. The summed E-state index contributed by atoms with van der Waals surface area (Å²) < 4.78 is 1.93. The molecular weight excluding hydrogens is 284 g/mol. The Kier molecular flexibility index (Phi) is 3.49. The third kappa shape index (κ3) is 2.27. The molecule has 116 valence electrons. The zero-order valence-corrected chi connectivity index (χ0v) is 13.2. The number of benzene rings is 1. The van der Waals surface area contributed by atoms with Crippen molar-refractivity contribution in [2.75, 3.05) is 0 Å². The molecule has 0 saturated heterocycles. The summed E-state index contributed by atoms with van der Waals surface area (Å²) in [6.45, 7) is 3.89. The van der Waals surface area contributed by atoms with Crippen molar-refractivity contribution in [3.8, 4) is 0 Å². The number of pyridine rings is 2. The van der Waals surface area contributed by atoms with Gasteiger partial charge in [0.1, 0.15) is 0 Å². The van der Waals surface area contributed by atoms with Crippen molar-refractivity contribution in [1.82, 2.24) is 9.55 Å². The monoisotopic (exact) mass is 304 g/mol. The Morgan fingerprint density at radius 1 is 1.13 bits per heavy atom. The predicted octanol–water partition coefficient (Wildman–Crippen LogP) is 4.70. The fourth-order valence-electron chi connectivity index (χ4n) is 3.81. The van der Waals surface area contributed by atoms with Crippen LogP contribution >= 0.6 is 0 Å². The molecule has 0 aliphatic heterocycles. The minimum Gasteiger partial charge on any atom is -0.312 e. The molecule has 1 aliphatic rings. The SMILES string of the molecule is C=Cc1cc2c(=O)n(C3CCCCC3)ccc2c2ncccc12. The summed E-state index contributed by atoms with van der Waals surface area (Å²) in [6.07, 6.45) is 11.5. The molecule has 1 aromatic carbocycles. The van der Waals surface area contributed by atoms with E-state index in [1.807, 2.05) is 35.0 Å². The van der Waals surface area contributed by atoms with Crippen LogP contribution in [-0.4, -0.2) is 9.55 Å². The molecule has 0 atom stereocenters. The minimum absolute atomic E-state index is 0.102. The molecule has 0 N–H and O–H groups in total. The van der Waals surface area contributed by atoms with Crippen molar-refractivity contribution >= 4 is 27.8 Å². The van der Waals surface area contributed by atoms with Crippen molar-refractivity contribution in [3.63, 3.8) is 0 Å². The van der Waals surface area contributed by atoms with Gasteiger partial charge in [0.05, 0.1) is 5.52 Å². The molecule has 4 rings (SSSR count). The zero-order chi connectivity index (χ0) is 15.8. The molecule has 0 radical (unpaired) electrons. The maximum atomic E-state index is 13.0. The van der Waals surface area contributed by atoms with Crippen LogP contribution in [0.4, 0.5) is 0 Å². The highest BCUT2D eigenvalue weighted by Crippen LogP contribution is 2.29. The van der Waals surface area contributed by atoms with Crippen molar-refractivity contribution in [2.45, 2.75) is 38.1 Å². The maximum absolute atomic E-state index is 13.0. The highest BCUT2D eigenvalue weighted by atomic mass is 16.1. The highest BCUT2D eigenvalue weighted by Gasteiger charge is 2.18. The first kappa shape index (κ1) is 14.2. The van der Waals surface area contributed by atoms with Gasteiger partial charge in [-0.05, 0) is 36.6 Å². The molecule has 1 aliphatic carbocycles. The van der Waals surface area contributed by atoms with Crippen LogP contribution in [0.15, 0.2) is 48.0 Å². The fourth-order valence-corrected chi connectivity index (χ4v) is 3.81. The van der Waals surface area contributed by atoms with E-state index in [-0.39, 0.29) is 5.56 Å². The Balaban J connectivity index is 2.01. The van der Waals surface area contributed by atoms with E-state index in [9.17, 15) is 4.79 Å². The second kappa shape index (κ2) is 5.65. The van der Waals surface area contributed by atoms with Crippen LogP contribution in [0, 0.1) is 0 Å². The summed E-state index contributed by atoms with van der Waals surface area (Å²) in [5, 5.41) is 2.73. The van der Waals surface area contributed by atoms with Gasteiger partial charge in [0.2, 0.25) is 0 Å². The van der Waals surface area contributed by atoms with Crippen LogP contribution in [0.1, 0.15) is 43.7 Å². The van der Waals surface area contributed by atoms with Crippen molar-refractivity contribution in [2.24, 2.45) is 0 Å². The van der Waals surface area contributed by atoms with Crippen LogP contribution in [0.3, 0.4) is 0 Å². The molecule has 0 unspecified atom stereocenters. The van der Waals surface area contributed by atoms with Gasteiger partial charge in [-0.25, -0.2) is 0 Å². The molecule has 0 amide bonds. The van der Waals surface area contributed by atoms with Crippen LogP contribution in [0.2, 0.25) is 0 Å². The fraction of sp³-hybridized carbons (Fsp3) is 0.300. The lowest BCUT2D eigenvalue weighted by Crippen LogP contribution is -2.26. The van der Waals surface area contributed by atoms with E-state index in [1.165, 1.54) is 19.3 Å². The molecule has 2 aromatic heterocycles. The van der Waals surface area contributed by atoms with Gasteiger partial charge >= 0.3 is 0 Å². The Morgan fingerprint density at radius 2 is 1.96 bits per heavy atom. The molecule has 1 saturated carbocycles. The third-order valence-corrected chi connectivity index (χ3v) is 5.02. The van der Waals surface area contributed by atoms with Crippen molar-refractivity contribution in [1.29, 1.82) is 0 Å². The van der Waals surface area contributed by atoms with Crippen molar-refractivity contribution in [3.05, 3.63) is 59.2 Å². The van der Waals surface area contributed by atoms with Gasteiger partial charge in [-0.3, -0.25) is 9.78 Å².